The molecule has 1 amide bonds. The van der Waals surface area contributed by atoms with Crippen LogP contribution in [0.5, 0.6) is 0 Å². The van der Waals surface area contributed by atoms with E-state index in [9.17, 15) is 13.6 Å². The van der Waals surface area contributed by atoms with Gasteiger partial charge in [-0.2, -0.15) is 5.26 Å². The Morgan fingerprint density at radius 1 is 1.47 bits per heavy atom. The molecule has 1 rings (SSSR count). The van der Waals surface area contributed by atoms with Crippen LogP contribution in [0.1, 0.15) is 25.8 Å². The molecule has 0 aromatic heterocycles. The van der Waals surface area contributed by atoms with Crippen LogP contribution in [0.15, 0.2) is 24.3 Å². The highest BCUT2D eigenvalue weighted by molar-refractivity contribution is 5.92. The maximum absolute atomic E-state index is 13.3. The van der Waals surface area contributed by atoms with Gasteiger partial charge in [0.1, 0.15) is 17.2 Å². The number of rotatable bonds is 4. The van der Waals surface area contributed by atoms with E-state index >= 15 is 0 Å². The topological polar surface area (TPSA) is 52.9 Å². The van der Waals surface area contributed by atoms with Crippen LogP contribution in [-0.4, -0.2) is 11.4 Å². The summed E-state index contributed by atoms with van der Waals surface area (Å²) in [4.78, 5) is 11.6. The number of benzene rings is 1. The Hall–Kier alpha value is -2.22. The third-order valence-corrected chi connectivity index (χ3v) is 2.75. The van der Waals surface area contributed by atoms with E-state index in [4.69, 9.17) is 5.26 Å². The number of halogens is 2. The van der Waals surface area contributed by atoms with Gasteiger partial charge in [0, 0.05) is 11.6 Å². The SMILES string of the molecule is CC[C@@](C)(C#N)NC(=O)/C=C/c1c(F)cccc1F. The minimum Gasteiger partial charge on any atom is -0.334 e. The summed E-state index contributed by atoms with van der Waals surface area (Å²) in [6.45, 7) is 3.33. The molecule has 0 bridgehead atoms. The zero-order valence-electron chi connectivity index (χ0n) is 10.7. The van der Waals surface area contributed by atoms with Crippen molar-refractivity contribution >= 4 is 12.0 Å². The Morgan fingerprint density at radius 3 is 2.53 bits per heavy atom. The van der Waals surface area contributed by atoms with Crippen LogP contribution in [0.2, 0.25) is 0 Å². The van der Waals surface area contributed by atoms with Crippen molar-refractivity contribution < 1.29 is 13.6 Å². The highest BCUT2D eigenvalue weighted by atomic mass is 19.1. The molecule has 0 aliphatic rings. The second-order valence-corrected chi connectivity index (χ2v) is 4.26. The lowest BCUT2D eigenvalue weighted by Gasteiger charge is -2.19. The second kappa shape index (κ2) is 6.10. The van der Waals surface area contributed by atoms with Crippen molar-refractivity contribution in [3.05, 3.63) is 41.5 Å². The number of nitriles is 1. The van der Waals surface area contributed by atoms with E-state index in [-0.39, 0.29) is 5.56 Å². The number of hydrogen-bond donors (Lipinski definition) is 1. The molecule has 0 aliphatic heterocycles. The molecule has 0 saturated carbocycles. The van der Waals surface area contributed by atoms with Crippen LogP contribution in [0.3, 0.4) is 0 Å². The number of carbonyl (C=O) groups excluding carboxylic acids is 1. The first kappa shape index (κ1) is 14.8. The molecule has 19 heavy (non-hydrogen) atoms. The molecule has 0 radical (unpaired) electrons. The standard InChI is InChI=1S/C14H14F2N2O/c1-3-14(2,9-17)18-13(19)8-7-10-11(15)5-4-6-12(10)16/h4-8H,3H2,1-2H3,(H,18,19)/b8-7+/t14-/m0/s1. The van der Waals surface area contributed by atoms with Gasteiger partial charge in [0.05, 0.1) is 6.07 Å². The fraction of sp³-hybridized carbons (Fsp3) is 0.286. The van der Waals surface area contributed by atoms with Crippen molar-refractivity contribution in [2.75, 3.05) is 0 Å². The Kier molecular flexibility index (Phi) is 4.76. The normalized spacial score (nSPS) is 13.8. The maximum atomic E-state index is 13.3. The van der Waals surface area contributed by atoms with Gasteiger partial charge in [-0.05, 0) is 31.6 Å². The molecule has 0 heterocycles. The first-order chi connectivity index (χ1) is 8.91. The lowest BCUT2D eigenvalue weighted by Crippen LogP contribution is -2.43. The van der Waals surface area contributed by atoms with Crippen LogP contribution in [-0.2, 0) is 4.79 Å². The highest BCUT2D eigenvalue weighted by Crippen LogP contribution is 2.14. The Balaban J connectivity index is 2.83. The summed E-state index contributed by atoms with van der Waals surface area (Å²) in [6.07, 6.45) is 2.48. The van der Waals surface area contributed by atoms with Gasteiger partial charge in [-0.25, -0.2) is 8.78 Å². The van der Waals surface area contributed by atoms with Crippen molar-refractivity contribution in [2.24, 2.45) is 0 Å². The summed E-state index contributed by atoms with van der Waals surface area (Å²) >= 11 is 0. The van der Waals surface area contributed by atoms with Gasteiger partial charge in [0.2, 0.25) is 5.91 Å². The molecule has 1 atom stereocenters. The van der Waals surface area contributed by atoms with E-state index in [1.165, 1.54) is 6.07 Å². The van der Waals surface area contributed by atoms with Gasteiger partial charge in [0.15, 0.2) is 0 Å². The summed E-state index contributed by atoms with van der Waals surface area (Å²) < 4.78 is 26.6. The zero-order valence-corrected chi connectivity index (χ0v) is 10.7. The Bertz CT molecular complexity index is 529. The van der Waals surface area contributed by atoms with E-state index in [2.05, 4.69) is 5.32 Å². The summed E-state index contributed by atoms with van der Waals surface area (Å²) in [6, 6.07) is 5.41. The van der Waals surface area contributed by atoms with Crippen molar-refractivity contribution in [3.8, 4) is 6.07 Å². The van der Waals surface area contributed by atoms with Gasteiger partial charge >= 0.3 is 0 Å². The van der Waals surface area contributed by atoms with Crippen LogP contribution >= 0.6 is 0 Å². The van der Waals surface area contributed by atoms with Crippen molar-refractivity contribution in [2.45, 2.75) is 25.8 Å². The average Bonchev–Trinajstić information content (AvgIpc) is 2.38. The van der Waals surface area contributed by atoms with Crippen molar-refractivity contribution in [1.82, 2.24) is 5.32 Å². The molecule has 1 N–H and O–H groups in total. The number of carbonyl (C=O) groups is 1. The van der Waals surface area contributed by atoms with Crippen LogP contribution in [0.4, 0.5) is 8.78 Å². The van der Waals surface area contributed by atoms with Gasteiger partial charge < -0.3 is 5.32 Å². The fourth-order valence-electron chi connectivity index (χ4n) is 1.34. The van der Waals surface area contributed by atoms with E-state index < -0.39 is 23.1 Å². The highest BCUT2D eigenvalue weighted by Gasteiger charge is 2.22. The summed E-state index contributed by atoms with van der Waals surface area (Å²) in [5.74, 6) is -2.07. The molecular formula is C14H14F2N2O. The van der Waals surface area contributed by atoms with E-state index in [0.29, 0.717) is 6.42 Å². The molecular weight excluding hydrogens is 250 g/mol. The molecule has 0 fully saturated rings. The third kappa shape index (κ3) is 3.88. The van der Waals surface area contributed by atoms with Gasteiger partial charge in [0.25, 0.3) is 0 Å². The molecule has 0 spiro atoms. The zero-order chi connectivity index (χ0) is 14.5. The molecule has 1 aromatic rings. The van der Waals surface area contributed by atoms with Gasteiger partial charge in [-0.3, -0.25) is 4.79 Å². The molecule has 0 aliphatic carbocycles. The largest absolute Gasteiger partial charge is 0.334 e. The third-order valence-electron chi connectivity index (χ3n) is 2.75. The molecule has 0 unspecified atom stereocenters. The lowest BCUT2D eigenvalue weighted by molar-refractivity contribution is -0.117. The van der Waals surface area contributed by atoms with E-state index in [1.54, 1.807) is 13.8 Å². The number of nitrogens with one attached hydrogen (secondary N) is 1. The first-order valence-corrected chi connectivity index (χ1v) is 5.77. The summed E-state index contributed by atoms with van der Waals surface area (Å²) in [5, 5.41) is 11.4. The molecule has 100 valence electrons. The predicted molar refractivity (Wildman–Crippen MR) is 67.8 cm³/mol. The van der Waals surface area contributed by atoms with Crippen LogP contribution in [0.25, 0.3) is 6.08 Å². The number of nitrogens with zero attached hydrogens (tertiary/aromatic N) is 1. The molecule has 5 heteroatoms. The fourth-order valence-corrected chi connectivity index (χ4v) is 1.34. The van der Waals surface area contributed by atoms with E-state index in [1.807, 2.05) is 6.07 Å². The van der Waals surface area contributed by atoms with Crippen molar-refractivity contribution in [3.63, 3.8) is 0 Å². The summed E-state index contributed by atoms with van der Waals surface area (Å²) in [7, 11) is 0. The minimum atomic E-state index is -0.991. The predicted octanol–water partition coefficient (Wildman–Crippen LogP) is 2.79. The number of hydrogen-bond acceptors (Lipinski definition) is 2. The molecule has 1 aromatic carbocycles. The average molecular weight is 264 g/mol. The second-order valence-electron chi connectivity index (χ2n) is 4.26. The summed E-state index contributed by atoms with van der Waals surface area (Å²) in [5.41, 5.74) is -1.28. The monoisotopic (exact) mass is 264 g/mol. The Labute approximate surface area is 110 Å². The molecule has 3 nitrogen and oxygen atoms in total. The van der Waals surface area contributed by atoms with Gasteiger partial charge in [-0.1, -0.05) is 13.0 Å². The van der Waals surface area contributed by atoms with Gasteiger partial charge in [-0.15, -0.1) is 0 Å². The Morgan fingerprint density at radius 2 is 2.05 bits per heavy atom. The van der Waals surface area contributed by atoms with Crippen molar-refractivity contribution in [1.29, 1.82) is 5.26 Å². The quantitative estimate of drug-likeness (QED) is 0.850. The number of amides is 1. The van der Waals surface area contributed by atoms with Crippen LogP contribution in [0, 0.1) is 23.0 Å². The first-order valence-electron chi connectivity index (χ1n) is 5.77. The smallest absolute Gasteiger partial charge is 0.245 e. The maximum Gasteiger partial charge on any atom is 0.245 e. The lowest BCUT2D eigenvalue weighted by atomic mass is 10.0. The van der Waals surface area contributed by atoms with Crippen LogP contribution < -0.4 is 5.32 Å². The minimum absolute atomic E-state index is 0.284. The van der Waals surface area contributed by atoms with E-state index in [0.717, 1.165) is 24.3 Å². The molecule has 0 saturated heterocycles.